The number of nitrogens with zero attached hydrogens (tertiary/aromatic N) is 2. The summed E-state index contributed by atoms with van der Waals surface area (Å²) in [6.07, 6.45) is 3.56. The SMILES string of the molecule is CC(C)Nc1nccn1-c1ccc(F)cc1. The van der Waals surface area contributed by atoms with E-state index in [1.54, 1.807) is 18.3 Å². The van der Waals surface area contributed by atoms with Crippen molar-refractivity contribution in [2.45, 2.75) is 19.9 Å². The molecular formula is C12H14FN3. The van der Waals surface area contributed by atoms with Crippen LogP contribution in [0.25, 0.3) is 5.69 Å². The summed E-state index contributed by atoms with van der Waals surface area (Å²) in [5.41, 5.74) is 0.891. The number of benzene rings is 1. The van der Waals surface area contributed by atoms with Crippen LogP contribution in [0.3, 0.4) is 0 Å². The maximum Gasteiger partial charge on any atom is 0.207 e. The Morgan fingerprint density at radius 1 is 1.25 bits per heavy atom. The first-order valence-electron chi connectivity index (χ1n) is 5.22. The fraction of sp³-hybridized carbons (Fsp3) is 0.250. The van der Waals surface area contributed by atoms with E-state index in [1.807, 2.05) is 24.6 Å². The van der Waals surface area contributed by atoms with Gasteiger partial charge in [-0.25, -0.2) is 9.37 Å². The lowest BCUT2D eigenvalue weighted by Gasteiger charge is -2.12. The number of aromatic nitrogens is 2. The number of imidazole rings is 1. The standard InChI is InChI=1S/C12H14FN3/c1-9(2)15-12-14-7-8-16(12)11-5-3-10(13)4-6-11/h3-9H,1-2H3,(H,14,15). The van der Waals surface area contributed by atoms with E-state index in [-0.39, 0.29) is 5.82 Å². The molecule has 0 aliphatic rings. The molecule has 0 saturated heterocycles. The van der Waals surface area contributed by atoms with E-state index in [9.17, 15) is 4.39 Å². The normalized spacial score (nSPS) is 10.8. The summed E-state index contributed by atoms with van der Waals surface area (Å²) in [5.74, 6) is 0.531. The molecule has 84 valence electrons. The Labute approximate surface area is 93.9 Å². The number of hydrogen-bond acceptors (Lipinski definition) is 2. The summed E-state index contributed by atoms with van der Waals surface area (Å²) >= 11 is 0. The Bertz CT molecular complexity index is 459. The van der Waals surface area contributed by atoms with Gasteiger partial charge in [-0.15, -0.1) is 0 Å². The van der Waals surface area contributed by atoms with Crippen LogP contribution in [-0.4, -0.2) is 15.6 Å². The lowest BCUT2D eigenvalue weighted by Crippen LogP contribution is -2.13. The summed E-state index contributed by atoms with van der Waals surface area (Å²) in [7, 11) is 0. The third-order valence-corrected chi connectivity index (χ3v) is 2.16. The molecule has 0 atom stereocenters. The minimum Gasteiger partial charge on any atom is -0.353 e. The number of nitrogens with one attached hydrogen (secondary N) is 1. The highest BCUT2D eigenvalue weighted by molar-refractivity contribution is 5.42. The number of hydrogen-bond donors (Lipinski definition) is 1. The van der Waals surface area contributed by atoms with Gasteiger partial charge in [-0.05, 0) is 38.1 Å². The Morgan fingerprint density at radius 2 is 1.94 bits per heavy atom. The maximum absolute atomic E-state index is 12.8. The molecule has 0 radical (unpaired) electrons. The Balaban J connectivity index is 2.33. The molecule has 1 aromatic carbocycles. The molecule has 1 aromatic heterocycles. The second-order valence-electron chi connectivity index (χ2n) is 3.90. The van der Waals surface area contributed by atoms with Gasteiger partial charge in [0.05, 0.1) is 0 Å². The second-order valence-corrected chi connectivity index (χ2v) is 3.90. The molecule has 3 nitrogen and oxygen atoms in total. The molecule has 0 fully saturated rings. The van der Waals surface area contributed by atoms with Gasteiger partial charge in [-0.3, -0.25) is 4.57 Å². The summed E-state index contributed by atoms with van der Waals surface area (Å²) < 4.78 is 14.7. The fourth-order valence-corrected chi connectivity index (χ4v) is 1.48. The molecule has 0 unspecified atom stereocenters. The molecule has 4 heteroatoms. The van der Waals surface area contributed by atoms with Crippen LogP contribution in [-0.2, 0) is 0 Å². The van der Waals surface area contributed by atoms with E-state index in [4.69, 9.17) is 0 Å². The molecule has 0 saturated carbocycles. The van der Waals surface area contributed by atoms with Crippen LogP contribution >= 0.6 is 0 Å². The van der Waals surface area contributed by atoms with Gasteiger partial charge in [0, 0.05) is 24.1 Å². The van der Waals surface area contributed by atoms with E-state index in [2.05, 4.69) is 10.3 Å². The first kappa shape index (κ1) is 10.7. The van der Waals surface area contributed by atoms with E-state index in [1.165, 1.54) is 12.1 Å². The van der Waals surface area contributed by atoms with Crippen LogP contribution < -0.4 is 5.32 Å². The van der Waals surface area contributed by atoms with E-state index in [0.29, 0.717) is 6.04 Å². The van der Waals surface area contributed by atoms with Crippen molar-refractivity contribution in [3.05, 3.63) is 42.5 Å². The van der Waals surface area contributed by atoms with Crippen molar-refractivity contribution in [1.82, 2.24) is 9.55 Å². The smallest absolute Gasteiger partial charge is 0.207 e. The predicted octanol–water partition coefficient (Wildman–Crippen LogP) is 2.83. The van der Waals surface area contributed by atoms with Crippen LogP contribution in [0.15, 0.2) is 36.7 Å². The van der Waals surface area contributed by atoms with Crippen molar-refractivity contribution < 1.29 is 4.39 Å². The Hall–Kier alpha value is -1.84. The predicted molar refractivity (Wildman–Crippen MR) is 62.3 cm³/mol. The van der Waals surface area contributed by atoms with Crippen molar-refractivity contribution in [2.24, 2.45) is 0 Å². The molecule has 1 N–H and O–H groups in total. The quantitative estimate of drug-likeness (QED) is 0.860. The topological polar surface area (TPSA) is 29.9 Å². The number of anilines is 1. The second kappa shape index (κ2) is 4.35. The summed E-state index contributed by atoms with van der Waals surface area (Å²) in [6, 6.07) is 6.63. The monoisotopic (exact) mass is 219 g/mol. The molecule has 16 heavy (non-hydrogen) atoms. The molecule has 0 spiro atoms. The van der Waals surface area contributed by atoms with Crippen molar-refractivity contribution in [1.29, 1.82) is 0 Å². The first-order valence-corrected chi connectivity index (χ1v) is 5.22. The lowest BCUT2D eigenvalue weighted by atomic mass is 10.3. The minimum atomic E-state index is -0.234. The van der Waals surface area contributed by atoms with E-state index >= 15 is 0 Å². The Kier molecular flexibility index (Phi) is 2.90. The highest BCUT2D eigenvalue weighted by Crippen LogP contribution is 2.15. The van der Waals surface area contributed by atoms with E-state index in [0.717, 1.165) is 11.6 Å². The zero-order valence-electron chi connectivity index (χ0n) is 9.31. The van der Waals surface area contributed by atoms with Gasteiger partial charge in [0.1, 0.15) is 5.82 Å². The van der Waals surface area contributed by atoms with Crippen LogP contribution in [0.4, 0.5) is 10.3 Å². The number of rotatable bonds is 3. The van der Waals surface area contributed by atoms with Gasteiger partial charge >= 0.3 is 0 Å². The van der Waals surface area contributed by atoms with Gasteiger partial charge in [-0.2, -0.15) is 0 Å². The van der Waals surface area contributed by atoms with Crippen molar-refractivity contribution in [3.8, 4) is 5.69 Å². The van der Waals surface area contributed by atoms with Gasteiger partial charge < -0.3 is 5.32 Å². The van der Waals surface area contributed by atoms with Gasteiger partial charge in [0.25, 0.3) is 0 Å². The summed E-state index contributed by atoms with van der Waals surface area (Å²) in [4.78, 5) is 4.21. The van der Waals surface area contributed by atoms with Gasteiger partial charge in [0.15, 0.2) is 0 Å². The minimum absolute atomic E-state index is 0.234. The van der Waals surface area contributed by atoms with Crippen molar-refractivity contribution >= 4 is 5.95 Å². The molecule has 1 heterocycles. The fourth-order valence-electron chi connectivity index (χ4n) is 1.48. The van der Waals surface area contributed by atoms with Crippen molar-refractivity contribution in [2.75, 3.05) is 5.32 Å². The highest BCUT2D eigenvalue weighted by Gasteiger charge is 2.05. The zero-order valence-corrected chi connectivity index (χ0v) is 9.31. The lowest BCUT2D eigenvalue weighted by molar-refractivity contribution is 0.627. The van der Waals surface area contributed by atoms with Crippen molar-refractivity contribution in [3.63, 3.8) is 0 Å². The van der Waals surface area contributed by atoms with Crippen LogP contribution in [0.1, 0.15) is 13.8 Å². The van der Waals surface area contributed by atoms with Crippen LogP contribution in [0, 0.1) is 5.82 Å². The average molecular weight is 219 g/mol. The van der Waals surface area contributed by atoms with Crippen LogP contribution in [0.2, 0.25) is 0 Å². The molecule has 0 amide bonds. The molecule has 0 bridgehead atoms. The summed E-state index contributed by atoms with van der Waals surface area (Å²) in [6.45, 7) is 4.09. The molecule has 2 rings (SSSR count). The van der Waals surface area contributed by atoms with Crippen LogP contribution in [0.5, 0.6) is 0 Å². The van der Waals surface area contributed by atoms with Gasteiger partial charge in [-0.1, -0.05) is 0 Å². The average Bonchev–Trinajstić information content (AvgIpc) is 2.66. The maximum atomic E-state index is 12.8. The third-order valence-electron chi connectivity index (χ3n) is 2.16. The zero-order chi connectivity index (χ0) is 11.5. The third kappa shape index (κ3) is 2.21. The van der Waals surface area contributed by atoms with Gasteiger partial charge in [0.2, 0.25) is 5.95 Å². The Morgan fingerprint density at radius 3 is 2.56 bits per heavy atom. The molecule has 0 aliphatic carbocycles. The summed E-state index contributed by atoms with van der Waals surface area (Å²) in [5, 5.41) is 3.22. The molecule has 0 aliphatic heterocycles. The largest absolute Gasteiger partial charge is 0.353 e. The van der Waals surface area contributed by atoms with E-state index < -0.39 is 0 Å². The highest BCUT2D eigenvalue weighted by atomic mass is 19.1. The first-order chi connectivity index (χ1) is 7.66. The molecule has 2 aromatic rings. The number of halogens is 1. The molecular weight excluding hydrogens is 205 g/mol.